The van der Waals surface area contributed by atoms with E-state index in [2.05, 4.69) is 39.6 Å². The predicted molar refractivity (Wildman–Crippen MR) is 75.1 cm³/mol. The predicted octanol–water partition coefficient (Wildman–Crippen LogP) is 1.72. The fourth-order valence-electron chi connectivity index (χ4n) is 2.36. The van der Waals surface area contributed by atoms with E-state index in [0.717, 1.165) is 17.9 Å². The van der Waals surface area contributed by atoms with Crippen molar-refractivity contribution in [3.63, 3.8) is 0 Å². The van der Waals surface area contributed by atoms with Gasteiger partial charge in [-0.3, -0.25) is 0 Å². The average molecular weight is 249 g/mol. The molecule has 1 aliphatic carbocycles. The molecule has 0 unspecified atom stereocenters. The molecule has 2 rings (SSSR count). The van der Waals surface area contributed by atoms with Crippen molar-refractivity contribution in [3.05, 3.63) is 11.8 Å². The summed E-state index contributed by atoms with van der Waals surface area (Å²) in [4.78, 5) is 11.0. The molecule has 0 bridgehead atoms. The molecule has 2 N–H and O–H groups in total. The van der Waals surface area contributed by atoms with Crippen LogP contribution in [0.3, 0.4) is 0 Å². The second-order valence-corrected chi connectivity index (χ2v) is 5.30. The Morgan fingerprint density at radius 2 is 2.11 bits per heavy atom. The SMILES string of the molecule is CNc1ncc(C)c(NCC2(N(C)C)CCC2)n1. The third kappa shape index (κ3) is 2.41. The molecule has 5 nitrogen and oxygen atoms in total. The lowest BCUT2D eigenvalue weighted by atomic mass is 9.75. The van der Waals surface area contributed by atoms with Gasteiger partial charge in [-0.05, 0) is 40.3 Å². The maximum absolute atomic E-state index is 4.46. The molecule has 0 spiro atoms. The standard InChI is InChI=1S/C13H23N5/c1-10-8-15-12(14-2)17-11(10)16-9-13(18(3)4)6-5-7-13/h8H,5-7,9H2,1-4H3,(H2,14,15,16,17). The Bertz CT molecular complexity index is 412. The van der Waals surface area contributed by atoms with Crippen LogP contribution in [0.5, 0.6) is 0 Å². The Morgan fingerprint density at radius 3 is 2.61 bits per heavy atom. The number of rotatable bonds is 5. The van der Waals surface area contributed by atoms with Crippen LogP contribution in [0.2, 0.25) is 0 Å². The molecule has 100 valence electrons. The Hall–Kier alpha value is -1.36. The molecule has 0 radical (unpaired) electrons. The van der Waals surface area contributed by atoms with Gasteiger partial charge in [0.05, 0.1) is 0 Å². The van der Waals surface area contributed by atoms with E-state index >= 15 is 0 Å². The first kappa shape index (κ1) is 13.1. The largest absolute Gasteiger partial charge is 0.368 e. The highest BCUT2D eigenvalue weighted by molar-refractivity contribution is 5.46. The Balaban J connectivity index is 2.05. The van der Waals surface area contributed by atoms with Crippen LogP contribution in [0.15, 0.2) is 6.20 Å². The van der Waals surface area contributed by atoms with Crippen LogP contribution in [0.25, 0.3) is 0 Å². The van der Waals surface area contributed by atoms with Crippen LogP contribution < -0.4 is 10.6 Å². The molecular formula is C13H23N5. The van der Waals surface area contributed by atoms with Gasteiger partial charge in [0.2, 0.25) is 5.95 Å². The van der Waals surface area contributed by atoms with Crippen LogP contribution >= 0.6 is 0 Å². The zero-order valence-corrected chi connectivity index (χ0v) is 11.7. The van der Waals surface area contributed by atoms with Crippen LogP contribution in [0.1, 0.15) is 24.8 Å². The minimum absolute atomic E-state index is 0.303. The van der Waals surface area contributed by atoms with Crippen LogP contribution in [-0.2, 0) is 0 Å². The van der Waals surface area contributed by atoms with E-state index in [4.69, 9.17) is 0 Å². The summed E-state index contributed by atoms with van der Waals surface area (Å²) in [5.74, 6) is 1.60. The summed E-state index contributed by atoms with van der Waals surface area (Å²) in [6, 6.07) is 0. The number of aromatic nitrogens is 2. The van der Waals surface area contributed by atoms with Gasteiger partial charge in [-0.25, -0.2) is 4.98 Å². The van der Waals surface area contributed by atoms with E-state index in [1.807, 2.05) is 20.2 Å². The molecule has 18 heavy (non-hydrogen) atoms. The van der Waals surface area contributed by atoms with Crippen molar-refractivity contribution in [3.8, 4) is 0 Å². The van der Waals surface area contributed by atoms with Crippen molar-refractivity contribution in [1.29, 1.82) is 0 Å². The molecule has 1 aromatic rings. The average Bonchev–Trinajstić information content (AvgIpc) is 2.29. The summed E-state index contributed by atoms with van der Waals surface area (Å²) >= 11 is 0. The number of nitrogens with zero attached hydrogens (tertiary/aromatic N) is 3. The van der Waals surface area contributed by atoms with Gasteiger partial charge in [0.1, 0.15) is 5.82 Å². The minimum Gasteiger partial charge on any atom is -0.368 e. The summed E-state index contributed by atoms with van der Waals surface area (Å²) in [5.41, 5.74) is 1.39. The molecule has 1 saturated carbocycles. The van der Waals surface area contributed by atoms with Crippen LogP contribution in [0.4, 0.5) is 11.8 Å². The minimum atomic E-state index is 0.303. The first-order valence-corrected chi connectivity index (χ1v) is 6.50. The topological polar surface area (TPSA) is 53.1 Å². The lowest BCUT2D eigenvalue weighted by Gasteiger charge is -2.47. The van der Waals surface area contributed by atoms with Gasteiger partial charge < -0.3 is 15.5 Å². The quantitative estimate of drug-likeness (QED) is 0.832. The third-order valence-corrected chi connectivity index (χ3v) is 4.01. The molecule has 0 amide bonds. The summed E-state index contributed by atoms with van der Waals surface area (Å²) in [5, 5.41) is 6.45. The van der Waals surface area contributed by atoms with Gasteiger partial charge in [0.15, 0.2) is 0 Å². The highest BCUT2D eigenvalue weighted by Crippen LogP contribution is 2.36. The summed E-state index contributed by atoms with van der Waals surface area (Å²) in [6.45, 7) is 2.98. The summed E-state index contributed by atoms with van der Waals surface area (Å²) < 4.78 is 0. The number of hydrogen-bond acceptors (Lipinski definition) is 5. The van der Waals surface area contributed by atoms with E-state index in [-0.39, 0.29) is 0 Å². The van der Waals surface area contributed by atoms with Gasteiger partial charge in [0.25, 0.3) is 0 Å². The number of anilines is 2. The number of aryl methyl sites for hydroxylation is 1. The van der Waals surface area contributed by atoms with Crippen LogP contribution in [-0.4, -0.2) is 48.1 Å². The van der Waals surface area contributed by atoms with E-state index in [0.29, 0.717) is 11.5 Å². The molecular weight excluding hydrogens is 226 g/mol. The highest BCUT2D eigenvalue weighted by Gasteiger charge is 2.38. The van der Waals surface area contributed by atoms with Crippen molar-refractivity contribution in [2.24, 2.45) is 0 Å². The smallest absolute Gasteiger partial charge is 0.224 e. The van der Waals surface area contributed by atoms with Gasteiger partial charge in [-0.1, -0.05) is 0 Å². The van der Waals surface area contributed by atoms with Gasteiger partial charge in [-0.2, -0.15) is 4.98 Å². The Kier molecular flexibility index (Phi) is 3.71. The highest BCUT2D eigenvalue weighted by atomic mass is 15.2. The molecule has 0 atom stereocenters. The monoisotopic (exact) mass is 249 g/mol. The van der Waals surface area contributed by atoms with Gasteiger partial charge >= 0.3 is 0 Å². The molecule has 0 aliphatic heterocycles. The van der Waals surface area contributed by atoms with E-state index in [1.54, 1.807) is 0 Å². The maximum atomic E-state index is 4.46. The maximum Gasteiger partial charge on any atom is 0.224 e. The van der Waals surface area contributed by atoms with Crippen molar-refractivity contribution in [2.75, 3.05) is 38.3 Å². The summed E-state index contributed by atoms with van der Waals surface area (Å²) in [7, 11) is 6.15. The van der Waals surface area contributed by atoms with Crippen molar-refractivity contribution in [1.82, 2.24) is 14.9 Å². The van der Waals surface area contributed by atoms with E-state index in [9.17, 15) is 0 Å². The fraction of sp³-hybridized carbons (Fsp3) is 0.692. The number of likely N-dealkylation sites (N-methyl/N-ethyl adjacent to an activating group) is 1. The lowest BCUT2D eigenvalue weighted by molar-refractivity contribution is 0.0738. The Labute approximate surface area is 109 Å². The molecule has 0 aromatic carbocycles. The second kappa shape index (κ2) is 5.10. The number of hydrogen-bond donors (Lipinski definition) is 2. The zero-order chi connectivity index (χ0) is 13.2. The molecule has 1 heterocycles. The van der Waals surface area contributed by atoms with Crippen molar-refractivity contribution < 1.29 is 0 Å². The van der Waals surface area contributed by atoms with E-state index in [1.165, 1.54) is 19.3 Å². The van der Waals surface area contributed by atoms with Crippen molar-refractivity contribution in [2.45, 2.75) is 31.7 Å². The molecule has 1 aliphatic rings. The fourth-order valence-corrected chi connectivity index (χ4v) is 2.36. The number of nitrogens with one attached hydrogen (secondary N) is 2. The summed E-state index contributed by atoms with van der Waals surface area (Å²) in [6.07, 6.45) is 5.70. The van der Waals surface area contributed by atoms with Gasteiger partial charge in [-0.15, -0.1) is 0 Å². The van der Waals surface area contributed by atoms with Crippen molar-refractivity contribution >= 4 is 11.8 Å². The lowest BCUT2D eigenvalue weighted by Crippen LogP contribution is -2.54. The first-order valence-electron chi connectivity index (χ1n) is 6.50. The van der Waals surface area contributed by atoms with E-state index < -0.39 is 0 Å². The third-order valence-electron chi connectivity index (χ3n) is 4.01. The normalized spacial score (nSPS) is 17.4. The Morgan fingerprint density at radius 1 is 1.39 bits per heavy atom. The molecule has 0 saturated heterocycles. The van der Waals surface area contributed by atoms with Crippen LogP contribution in [0, 0.1) is 6.92 Å². The molecule has 1 aromatic heterocycles. The second-order valence-electron chi connectivity index (χ2n) is 5.30. The molecule has 5 heteroatoms. The first-order chi connectivity index (χ1) is 8.57. The van der Waals surface area contributed by atoms with Gasteiger partial charge in [0, 0.05) is 30.9 Å². The molecule has 1 fully saturated rings. The zero-order valence-electron chi connectivity index (χ0n) is 11.7.